The van der Waals surface area contributed by atoms with Gasteiger partial charge in [0.05, 0.1) is 11.3 Å². The van der Waals surface area contributed by atoms with Gasteiger partial charge in [-0.3, -0.25) is 14.6 Å². The number of nitrogens with one attached hydrogen (secondary N) is 2. The lowest BCUT2D eigenvalue weighted by molar-refractivity contribution is -0.118. The van der Waals surface area contributed by atoms with E-state index in [2.05, 4.69) is 21.7 Å². The van der Waals surface area contributed by atoms with Crippen molar-refractivity contribution < 1.29 is 14.3 Å². The third kappa shape index (κ3) is 5.48. The van der Waals surface area contributed by atoms with Crippen LogP contribution in [0, 0.1) is 0 Å². The molecule has 2 aromatic carbocycles. The molecule has 2 N–H and O–H groups in total. The van der Waals surface area contributed by atoms with Gasteiger partial charge in [-0.2, -0.15) is 0 Å². The number of hydrogen-bond acceptors (Lipinski definition) is 4. The van der Waals surface area contributed by atoms with Crippen molar-refractivity contribution in [3.8, 4) is 5.75 Å². The molecular weight excluding hydrogens is 390 g/mol. The van der Waals surface area contributed by atoms with E-state index in [0.717, 1.165) is 18.4 Å². The largest absolute Gasteiger partial charge is 0.484 e. The Bertz CT molecular complexity index is 1070. The Morgan fingerprint density at radius 3 is 2.65 bits per heavy atom. The van der Waals surface area contributed by atoms with Crippen LogP contribution in [-0.2, 0) is 24.2 Å². The van der Waals surface area contributed by atoms with Crippen LogP contribution in [0.25, 0.3) is 0 Å². The van der Waals surface area contributed by atoms with Crippen molar-refractivity contribution in [1.82, 2.24) is 10.3 Å². The fourth-order valence-corrected chi connectivity index (χ4v) is 3.71. The molecule has 0 spiro atoms. The Hall–Kier alpha value is -3.67. The molecule has 31 heavy (non-hydrogen) atoms. The van der Waals surface area contributed by atoms with E-state index >= 15 is 0 Å². The first-order valence-corrected chi connectivity index (χ1v) is 10.5. The van der Waals surface area contributed by atoms with Gasteiger partial charge in [0.2, 0.25) is 0 Å². The molecule has 0 aliphatic heterocycles. The second kappa shape index (κ2) is 9.89. The molecule has 1 aliphatic carbocycles. The number of ether oxygens (including phenoxy) is 1. The van der Waals surface area contributed by atoms with Crippen molar-refractivity contribution in [1.29, 1.82) is 0 Å². The fourth-order valence-electron chi connectivity index (χ4n) is 3.71. The monoisotopic (exact) mass is 415 g/mol. The Labute approximate surface area is 181 Å². The van der Waals surface area contributed by atoms with Crippen molar-refractivity contribution in [2.75, 3.05) is 11.9 Å². The Balaban J connectivity index is 1.34. The summed E-state index contributed by atoms with van der Waals surface area (Å²) in [5.74, 6) is 0.110. The third-order valence-electron chi connectivity index (χ3n) is 5.31. The van der Waals surface area contributed by atoms with Gasteiger partial charge in [0.1, 0.15) is 5.75 Å². The molecular formula is C25H25N3O3. The highest BCUT2D eigenvalue weighted by Crippen LogP contribution is 2.25. The van der Waals surface area contributed by atoms with Crippen LogP contribution in [0.5, 0.6) is 5.75 Å². The van der Waals surface area contributed by atoms with E-state index in [-0.39, 0.29) is 18.4 Å². The molecule has 0 fully saturated rings. The van der Waals surface area contributed by atoms with Crippen LogP contribution < -0.4 is 15.4 Å². The number of carbonyl (C=O) groups is 2. The van der Waals surface area contributed by atoms with Crippen molar-refractivity contribution in [3.63, 3.8) is 0 Å². The van der Waals surface area contributed by atoms with Gasteiger partial charge in [0.25, 0.3) is 11.8 Å². The van der Waals surface area contributed by atoms with Crippen LogP contribution in [-0.4, -0.2) is 23.4 Å². The highest BCUT2D eigenvalue weighted by Gasteiger charge is 2.14. The minimum Gasteiger partial charge on any atom is -0.484 e. The molecule has 6 nitrogen and oxygen atoms in total. The van der Waals surface area contributed by atoms with Crippen molar-refractivity contribution in [3.05, 3.63) is 89.2 Å². The maximum Gasteiger partial charge on any atom is 0.262 e. The van der Waals surface area contributed by atoms with E-state index in [1.807, 2.05) is 24.3 Å². The fraction of sp³-hybridized carbons (Fsp3) is 0.240. The SMILES string of the molecule is O=C(COc1ccc2c(c1)CCCC2)Nc1ccccc1C(=O)NCc1cccnc1. The van der Waals surface area contributed by atoms with Gasteiger partial charge in [-0.05, 0) is 72.7 Å². The van der Waals surface area contributed by atoms with Gasteiger partial charge in [-0.1, -0.05) is 24.3 Å². The van der Waals surface area contributed by atoms with Crippen LogP contribution >= 0.6 is 0 Å². The topological polar surface area (TPSA) is 80.3 Å². The van der Waals surface area contributed by atoms with Gasteiger partial charge in [0, 0.05) is 18.9 Å². The second-order valence-corrected chi connectivity index (χ2v) is 7.56. The number of fused-ring (bicyclic) bond motifs is 1. The zero-order valence-corrected chi connectivity index (χ0v) is 17.3. The highest BCUT2D eigenvalue weighted by atomic mass is 16.5. The normalized spacial score (nSPS) is 12.5. The Morgan fingerprint density at radius 1 is 0.968 bits per heavy atom. The number of hydrogen-bond donors (Lipinski definition) is 2. The Kier molecular flexibility index (Phi) is 6.57. The number of carbonyl (C=O) groups excluding carboxylic acids is 2. The first-order valence-electron chi connectivity index (χ1n) is 10.5. The zero-order chi connectivity index (χ0) is 21.5. The molecule has 3 aromatic rings. The summed E-state index contributed by atoms with van der Waals surface area (Å²) in [5, 5.41) is 5.64. The maximum atomic E-state index is 12.6. The molecule has 1 aliphatic rings. The maximum absolute atomic E-state index is 12.6. The molecule has 1 heterocycles. The van der Waals surface area contributed by atoms with Gasteiger partial charge in [0.15, 0.2) is 6.61 Å². The average Bonchev–Trinajstić information content (AvgIpc) is 2.82. The summed E-state index contributed by atoms with van der Waals surface area (Å²) >= 11 is 0. The lowest BCUT2D eigenvalue weighted by atomic mass is 9.92. The molecule has 0 unspecified atom stereocenters. The van der Waals surface area contributed by atoms with Crippen molar-refractivity contribution >= 4 is 17.5 Å². The smallest absolute Gasteiger partial charge is 0.262 e. The summed E-state index contributed by atoms with van der Waals surface area (Å²) in [6, 6.07) is 16.7. The Morgan fingerprint density at radius 2 is 1.81 bits per heavy atom. The first-order chi connectivity index (χ1) is 15.2. The molecule has 1 aromatic heterocycles. The number of aromatic nitrogens is 1. The van der Waals surface area contributed by atoms with Crippen LogP contribution in [0.1, 0.15) is 39.9 Å². The zero-order valence-electron chi connectivity index (χ0n) is 17.3. The molecule has 0 saturated carbocycles. The summed E-state index contributed by atoms with van der Waals surface area (Å²) in [7, 11) is 0. The van der Waals surface area contributed by atoms with E-state index < -0.39 is 0 Å². The number of aryl methyl sites for hydroxylation is 2. The van der Waals surface area contributed by atoms with Gasteiger partial charge < -0.3 is 15.4 Å². The van der Waals surface area contributed by atoms with E-state index in [1.165, 1.54) is 24.0 Å². The molecule has 0 saturated heterocycles. The standard InChI is InChI=1S/C25H25N3O3/c29-24(17-31-21-12-11-19-7-1-2-8-20(19)14-21)28-23-10-4-3-9-22(23)25(30)27-16-18-6-5-13-26-15-18/h3-6,9-15H,1-2,7-8,16-17H2,(H,27,30)(H,28,29). The van der Waals surface area contributed by atoms with Crippen LogP contribution in [0.4, 0.5) is 5.69 Å². The molecule has 2 amide bonds. The van der Waals surface area contributed by atoms with E-state index in [1.54, 1.807) is 36.7 Å². The number of rotatable bonds is 7. The van der Waals surface area contributed by atoms with Crippen molar-refractivity contribution in [2.45, 2.75) is 32.2 Å². The van der Waals surface area contributed by atoms with Crippen LogP contribution in [0.15, 0.2) is 67.0 Å². The number of nitrogens with zero attached hydrogens (tertiary/aromatic N) is 1. The number of para-hydroxylation sites is 1. The van der Waals surface area contributed by atoms with Gasteiger partial charge in [-0.15, -0.1) is 0 Å². The highest BCUT2D eigenvalue weighted by molar-refractivity contribution is 6.04. The quantitative estimate of drug-likeness (QED) is 0.613. The number of benzene rings is 2. The average molecular weight is 415 g/mol. The van der Waals surface area contributed by atoms with E-state index in [0.29, 0.717) is 23.5 Å². The summed E-state index contributed by atoms with van der Waals surface area (Å²) in [5.41, 5.74) is 4.42. The van der Waals surface area contributed by atoms with E-state index in [9.17, 15) is 9.59 Å². The predicted octanol–water partition coefficient (Wildman–Crippen LogP) is 3.91. The molecule has 6 heteroatoms. The summed E-state index contributed by atoms with van der Waals surface area (Å²) in [4.78, 5) is 29.1. The van der Waals surface area contributed by atoms with Crippen LogP contribution in [0.3, 0.4) is 0 Å². The molecule has 0 bridgehead atoms. The third-order valence-corrected chi connectivity index (χ3v) is 5.31. The molecule has 0 radical (unpaired) electrons. The number of pyridine rings is 1. The molecule has 0 atom stereocenters. The first kappa shape index (κ1) is 20.6. The van der Waals surface area contributed by atoms with Crippen molar-refractivity contribution in [2.24, 2.45) is 0 Å². The predicted molar refractivity (Wildman–Crippen MR) is 119 cm³/mol. The molecule has 158 valence electrons. The lowest BCUT2D eigenvalue weighted by Gasteiger charge is -2.17. The lowest BCUT2D eigenvalue weighted by Crippen LogP contribution is -2.26. The number of amides is 2. The summed E-state index contributed by atoms with van der Waals surface area (Å²) in [6.45, 7) is 0.237. The van der Waals surface area contributed by atoms with E-state index in [4.69, 9.17) is 4.74 Å². The summed E-state index contributed by atoms with van der Waals surface area (Å²) < 4.78 is 5.69. The van der Waals surface area contributed by atoms with Gasteiger partial charge >= 0.3 is 0 Å². The number of anilines is 1. The minimum atomic E-state index is -0.315. The molecule has 4 rings (SSSR count). The second-order valence-electron chi connectivity index (χ2n) is 7.56. The minimum absolute atomic E-state index is 0.121. The summed E-state index contributed by atoms with van der Waals surface area (Å²) in [6.07, 6.45) is 7.96. The van der Waals surface area contributed by atoms with Crippen LogP contribution in [0.2, 0.25) is 0 Å². The van der Waals surface area contributed by atoms with Gasteiger partial charge in [-0.25, -0.2) is 0 Å².